The van der Waals surface area contributed by atoms with Crippen LogP contribution in [0.3, 0.4) is 0 Å². The summed E-state index contributed by atoms with van der Waals surface area (Å²) in [6.45, 7) is 0. The molecular weight excluding hydrogens is 164 g/mol. The first kappa shape index (κ1) is 6.41. The van der Waals surface area contributed by atoms with Gasteiger partial charge in [0.1, 0.15) is 0 Å². The molecule has 5 rings (SSSR count). The van der Waals surface area contributed by atoms with Crippen molar-refractivity contribution in [3.05, 3.63) is 0 Å². The molecule has 0 radical (unpaired) electrons. The van der Waals surface area contributed by atoms with E-state index in [-0.39, 0.29) is 12.2 Å². The van der Waals surface area contributed by atoms with Crippen molar-refractivity contribution < 1.29 is 10.2 Å². The van der Waals surface area contributed by atoms with Crippen LogP contribution in [0.5, 0.6) is 0 Å². The smallest absolute Gasteiger partial charge is 0.0609 e. The molecule has 0 unspecified atom stereocenters. The van der Waals surface area contributed by atoms with Gasteiger partial charge in [0, 0.05) is 0 Å². The Labute approximate surface area is 76.9 Å². The number of aliphatic hydroxyl groups is 2. The maximum atomic E-state index is 10.1. The summed E-state index contributed by atoms with van der Waals surface area (Å²) in [7, 11) is 0. The van der Waals surface area contributed by atoms with Gasteiger partial charge in [0.25, 0.3) is 0 Å². The SMILES string of the molecule is O[C@@H]1[C@@H]2[C@H]3[C@H](O)[C@@H]4[C@H]5C[C@H]([C@@H]2[C@H]53)[C@H]14. The number of hydrogen-bond donors (Lipinski definition) is 2. The van der Waals surface area contributed by atoms with Crippen LogP contribution in [-0.4, -0.2) is 22.4 Å². The van der Waals surface area contributed by atoms with Crippen LogP contribution >= 0.6 is 0 Å². The molecule has 0 heterocycles. The first-order chi connectivity index (χ1) is 6.30. The Morgan fingerprint density at radius 3 is 1.54 bits per heavy atom. The second kappa shape index (κ2) is 1.49. The van der Waals surface area contributed by atoms with Gasteiger partial charge in [-0.2, -0.15) is 0 Å². The van der Waals surface area contributed by atoms with Crippen molar-refractivity contribution in [2.45, 2.75) is 18.6 Å². The van der Waals surface area contributed by atoms with Crippen LogP contribution in [0.4, 0.5) is 0 Å². The third-order valence-electron chi connectivity index (χ3n) is 6.32. The van der Waals surface area contributed by atoms with Crippen molar-refractivity contribution in [1.82, 2.24) is 0 Å². The summed E-state index contributed by atoms with van der Waals surface area (Å²) in [5.41, 5.74) is 0. The first-order valence-electron chi connectivity index (χ1n) is 5.67. The molecule has 0 spiro atoms. The second-order valence-corrected chi connectivity index (χ2v) is 6.01. The van der Waals surface area contributed by atoms with Crippen LogP contribution in [-0.2, 0) is 0 Å². The molecule has 2 heteroatoms. The normalized spacial score (nSPS) is 85.4. The summed E-state index contributed by atoms with van der Waals surface area (Å²) in [6.07, 6.45) is 1.28. The molecule has 5 fully saturated rings. The van der Waals surface area contributed by atoms with E-state index in [0.29, 0.717) is 23.7 Å². The quantitative estimate of drug-likeness (QED) is 0.552. The first-order valence-corrected chi connectivity index (χ1v) is 5.67. The Bertz CT molecular complexity index is 281. The lowest BCUT2D eigenvalue weighted by atomic mass is 9.58. The summed E-state index contributed by atoms with van der Waals surface area (Å²) in [5.74, 6) is 5.33. The van der Waals surface area contributed by atoms with Crippen molar-refractivity contribution in [3.8, 4) is 0 Å². The molecule has 70 valence electrons. The van der Waals surface area contributed by atoms with Crippen molar-refractivity contribution in [3.63, 3.8) is 0 Å². The summed E-state index contributed by atoms with van der Waals surface area (Å²) in [5, 5.41) is 20.2. The van der Waals surface area contributed by atoms with E-state index in [1.807, 2.05) is 0 Å². The Kier molecular flexibility index (Phi) is 0.733. The second-order valence-electron chi connectivity index (χ2n) is 6.01. The summed E-state index contributed by atoms with van der Waals surface area (Å²) in [6, 6.07) is 0. The van der Waals surface area contributed by atoms with E-state index < -0.39 is 0 Å². The molecule has 5 saturated carbocycles. The minimum atomic E-state index is -0.0304. The standard InChI is InChI=1S/C11H14O2/c12-10-6-2-1-3-5-4(2)8(10)9(5)11(13)7(3)6/h2-13H,1H2/t2-,3+,4-,5+,6+,7-,8-,9-,10+,11-/m0/s1. The molecule has 0 aromatic heterocycles. The van der Waals surface area contributed by atoms with E-state index >= 15 is 0 Å². The zero-order chi connectivity index (χ0) is 8.48. The molecule has 0 aromatic carbocycles. The highest BCUT2D eigenvalue weighted by Crippen LogP contribution is 2.82. The third-order valence-corrected chi connectivity index (χ3v) is 6.32. The zero-order valence-corrected chi connectivity index (χ0v) is 7.38. The highest BCUT2D eigenvalue weighted by molar-refractivity contribution is 5.30. The minimum absolute atomic E-state index is 0.0304. The lowest BCUT2D eigenvalue weighted by molar-refractivity contribution is -0.109. The number of fused-ring (bicyclic) bond motifs is 2. The molecule has 2 N–H and O–H groups in total. The highest BCUT2D eigenvalue weighted by atomic mass is 16.3. The summed E-state index contributed by atoms with van der Waals surface area (Å²) >= 11 is 0. The average Bonchev–Trinajstić information content (AvgIpc) is 2.52. The van der Waals surface area contributed by atoms with Gasteiger partial charge < -0.3 is 10.2 Å². The average molecular weight is 178 g/mol. The number of rotatable bonds is 0. The fourth-order valence-corrected chi connectivity index (χ4v) is 6.44. The van der Waals surface area contributed by atoms with Crippen molar-refractivity contribution >= 4 is 0 Å². The Morgan fingerprint density at radius 1 is 0.615 bits per heavy atom. The summed E-state index contributed by atoms with van der Waals surface area (Å²) in [4.78, 5) is 0. The summed E-state index contributed by atoms with van der Waals surface area (Å²) < 4.78 is 0. The molecule has 5 aliphatic carbocycles. The molecule has 0 aromatic rings. The Hall–Kier alpha value is -0.0800. The van der Waals surface area contributed by atoms with E-state index in [1.54, 1.807) is 0 Å². The fraction of sp³-hybridized carbons (Fsp3) is 1.00. The zero-order valence-electron chi connectivity index (χ0n) is 7.38. The van der Waals surface area contributed by atoms with E-state index in [0.717, 1.165) is 23.7 Å². The van der Waals surface area contributed by atoms with Crippen molar-refractivity contribution in [2.24, 2.45) is 47.3 Å². The molecule has 0 aliphatic heterocycles. The van der Waals surface area contributed by atoms with Gasteiger partial charge in [0.05, 0.1) is 12.2 Å². The van der Waals surface area contributed by atoms with Crippen molar-refractivity contribution in [1.29, 1.82) is 0 Å². The van der Waals surface area contributed by atoms with Crippen LogP contribution in [0.15, 0.2) is 0 Å². The maximum absolute atomic E-state index is 10.1. The van der Waals surface area contributed by atoms with E-state index in [1.165, 1.54) is 6.42 Å². The lowest BCUT2D eigenvalue weighted by Gasteiger charge is -2.47. The van der Waals surface area contributed by atoms with Crippen LogP contribution in [0, 0.1) is 47.3 Å². The molecule has 5 aliphatic rings. The maximum Gasteiger partial charge on any atom is 0.0609 e. The van der Waals surface area contributed by atoms with Gasteiger partial charge in [-0.25, -0.2) is 0 Å². The minimum Gasteiger partial charge on any atom is -0.393 e. The van der Waals surface area contributed by atoms with E-state index in [2.05, 4.69) is 0 Å². The molecular formula is C11H14O2. The molecule has 0 saturated heterocycles. The molecule has 13 heavy (non-hydrogen) atoms. The van der Waals surface area contributed by atoms with Crippen LogP contribution in [0.2, 0.25) is 0 Å². The van der Waals surface area contributed by atoms with Crippen molar-refractivity contribution in [2.75, 3.05) is 0 Å². The predicted molar refractivity (Wildman–Crippen MR) is 44.6 cm³/mol. The van der Waals surface area contributed by atoms with E-state index in [9.17, 15) is 10.2 Å². The topological polar surface area (TPSA) is 40.5 Å². The van der Waals surface area contributed by atoms with Crippen LogP contribution in [0.1, 0.15) is 6.42 Å². The van der Waals surface area contributed by atoms with Gasteiger partial charge in [-0.1, -0.05) is 0 Å². The molecule has 10 atom stereocenters. The molecule has 0 amide bonds. The third kappa shape index (κ3) is 0.375. The monoisotopic (exact) mass is 178 g/mol. The Balaban J connectivity index is 1.83. The van der Waals surface area contributed by atoms with Gasteiger partial charge >= 0.3 is 0 Å². The Morgan fingerprint density at radius 2 is 1.08 bits per heavy atom. The molecule has 2 nitrogen and oxygen atoms in total. The largest absolute Gasteiger partial charge is 0.393 e. The number of aliphatic hydroxyl groups excluding tert-OH is 2. The number of hydrogen-bond acceptors (Lipinski definition) is 2. The fourth-order valence-electron chi connectivity index (χ4n) is 6.44. The van der Waals surface area contributed by atoms with Gasteiger partial charge in [0.15, 0.2) is 0 Å². The van der Waals surface area contributed by atoms with Gasteiger partial charge in [-0.3, -0.25) is 0 Å². The molecule has 2 bridgehead atoms. The van der Waals surface area contributed by atoms with Gasteiger partial charge in [0.2, 0.25) is 0 Å². The highest BCUT2D eigenvalue weighted by Gasteiger charge is 2.83. The van der Waals surface area contributed by atoms with E-state index in [4.69, 9.17) is 0 Å². The van der Waals surface area contributed by atoms with Gasteiger partial charge in [-0.15, -0.1) is 0 Å². The van der Waals surface area contributed by atoms with Crippen LogP contribution < -0.4 is 0 Å². The lowest BCUT2D eigenvalue weighted by Crippen LogP contribution is -2.51. The van der Waals surface area contributed by atoms with Gasteiger partial charge in [-0.05, 0) is 53.8 Å². The predicted octanol–water partition coefficient (Wildman–Crippen LogP) is 0.0959. The van der Waals surface area contributed by atoms with Crippen LogP contribution in [0.25, 0.3) is 0 Å².